The molecule has 0 saturated heterocycles. The molecule has 0 heterocycles. The lowest BCUT2D eigenvalue weighted by atomic mass is 10.1. The SMILES string of the molecule is Brc1ccc(CC=CCc2ccccc2)cc1. The molecule has 2 rings (SSSR count). The smallest absolute Gasteiger partial charge is 0.0175 e. The van der Waals surface area contributed by atoms with Crippen molar-refractivity contribution in [1.29, 1.82) is 0 Å². The van der Waals surface area contributed by atoms with Gasteiger partial charge in [-0.3, -0.25) is 0 Å². The van der Waals surface area contributed by atoms with E-state index in [1.54, 1.807) is 0 Å². The molecule has 0 aliphatic heterocycles. The summed E-state index contributed by atoms with van der Waals surface area (Å²) in [4.78, 5) is 0. The van der Waals surface area contributed by atoms with Crippen LogP contribution in [-0.2, 0) is 12.8 Å². The molecule has 0 N–H and O–H groups in total. The van der Waals surface area contributed by atoms with Gasteiger partial charge in [-0.05, 0) is 36.1 Å². The van der Waals surface area contributed by atoms with Gasteiger partial charge < -0.3 is 0 Å². The second kappa shape index (κ2) is 6.41. The Hall–Kier alpha value is -1.34. The van der Waals surface area contributed by atoms with Crippen molar-refractivity contribution in [2.75, 3.05) is 0 Å². The van der Waals surface area contributed by atoms with Crippen molar-refractivity contribution >= 4 is 15.9 Å². The number of halogens is 1. The molecule has 2 aromatic rings. The maximum atomic E-state index is 3.44. The third kappa shape index (κ3) is 4.20. The van der Waals surface area contributed by atoms with Crippen LogP contribution in [0.1, 0.15) is 11.1 Å². The lowest BCUT2D eigenvalue weighted by molar-refractivity contribution is 1.21. The van der Waals surface area contributed by atoms with Crippen LogP contribution in [0.15, 0.2) is 71.2 Å². The van der Waals surface area contributed by atoms with Crippen molar-refractivity contribution < 1.29 is 0 Å². The highest BCUT2D eigenvalue weighted by Gasteiger charge is 1.90. The van der Waals surface area contributed by atoms with E-state index in [2.05, 4.69) is 82.7 Å². The first-order valence-corrected chi connectivity index (χ1v) is 6.57. The first kappa shape index (κ1) is 12.1. The molecule has 17 heavy (non-hydrogen) atoms. The fourth-order valence-electron chi connectivity index (χ4n) is 1.67. The second-order valence-electron chi connectivity index (χ2n) is 3.99. The molecule has 0 bridgehead atoms. The Bertz CT molecular complexity index is 469. The van der Waals surface area contributed by atoms with Crippen molar-refractivity contribution in [3.63, 3.8) is 0 Å². The molecule has 0 spiro atoms. The molecule has 0 aliphatic rings. The number of hydrogen-bond acceptors (Lipinski definition) is 0. The van der Waals surface area contributed by atoms with Gasteiger partial charge in [0.25, 0.3) is 0 Å². The zero-order valence-electron chi connectivity index (χ0n) is 9.64. The summed E-state index contributed by atoms with van der Waals surface area (Å²) in [6.45, 7) is 0. The van der Waals surface area contributed by atoms with E-state index >= 15 is 0 Å². The van der Waals surface area contributed by atoms with Crippen molar-refractivity contribution in [2.45, 2.75) is 12.8 Å². The monoisotopic (exact) mass is 286 g/mol. The molecule has 0 unspecified atom stereocenters. The van der Waals surface area contributed by atoms with Crippen LogP contribution in [0.25, 0.3) is 0 Å². The maximum absolute atomic E-state index is 3.44. The Morgan fingerprint density at radius 2 is 1.24 bits per heavy atom. The van der Waals surface area contributed by atoms with Crippen LogP contribution in [0.3, 0.4) is 0 Å². The highest BCUT2D eigenvalue weighted by atomic mass is 79.9. The summed E-state index contributed by atoms with van der Waals surface area (Å²) in [5.41, 5.74) is 2.71. The summed E-state index contributed by atoms with van der Waals surface area (Å²) >= 11 is 3.44. The van der Waals surface area contributed by atoms with Crippen molar-refractivity contribution in [3.05, 3.63) is 82.3 Å². The molecule has 0 radical (unpaired) electrons. The van der Waals surface area contributed by atoms with Gasteiger partial charge in [0.15, 0.2) is 0 Å². The van der Waals surface area contributed by atoms with Crippen molar-refractivity contribution in [3.8, 4) is 0 Å². The summed E-state index contributed by atoms with van der Waals surface area (Å²) in [6.07, 6.45) is 6.48. The van der Waals surface area contributed by atoms with E-state index in [1.807, 2.05) is 0 Å². The molecule has 0 aliphatic carbocycles. The molecule has 0 saturated carbocycles. The van der Waals surface area contributed by atoms with E-state index in [1.165, 1.54) is 11.1 Å². The molecule has 0 nitrogen and oxygen atoms in total. The summed E-state index contributed by atoms with van der Waals surface area (Å²) in [6, 6.07) is 19.0. The number of benzene rings is 2. The largest absolute Gasteiger partial charge is 0.0838 e. The summed E-state index contributed by atoms with van der Waals surface area (Å²) in [5, 5.41) is 0. The van der Waals surface area contributed by atoms with E-state index in [9.17, 15) is 0 Å². The van der Waals surface area contributed by atoms with Gasteiger partial charge in [0, 0.05) is 4.47 Å². The Kier molecular flexibility index (Phi) is 4.57. The Morgan fingerprint density at radius 3 is 1.82 bits per heavy atom. The molecule has 86 valence electrons. The average Bonchev–Trinajstić information content (AvgIpc) is 2.38. The molecule has 1 heteroatoms. The third-order valence-electron chi connectivity index (χ3n) is 2.63. The topological polar surface area (TPSA) is 0 Å². The van der Waals surface area contributed by atoms with E-state index in [0.717, 1.165) is 17.3 Å². The molecule has 0 amide bonds. The van der Waals surface area contributed by atoms with Crippen molar-refractivity contribution in [1.82, 2.24) is 0 Å². The lowest BCUT2D eigenvalue weighted by Crippen LogP contribution is -1.82. The number of hydrogen-bond donors (Lipinski definition) is 0. The van der Waals surface area contributed by atoms with Gasteiger partial charge in [-0.2, -0.15) is 0 Å². The molecule has 0 aromatic heterocycles. The average molecular weight is 287 g/mol. The fraction of sp³-hybridized carbons (Fsp3) is 0.125. The maximum Gasteiger partial charge on any atom is 0.0175 e. The second-order valence-corrected chi connectivity index (χ2v) is 4.91. The van der Waals surface area contributed by atoms with Crippen LogP contribution in [-0.4, -0.2) is 0 Å². The van der Waals surface area contributed by atoms with Crippen LogP contribution in [0.2, 0.25) is 0 Å². The Morgan fingerprint density at radius 1 is 0.706 bits per heavy atom. The minimum absolute atomic E-state index is 1.00. The lowest BCUT2D eigenvalue weighted by Gasteiger charge is -1.97. The number of allylic oxidation sites excluding steroid dienone is 2. The van der Waals surface area contributed by atoms with Gasteiger partial charge in [-0.25, -0.2) is 0 Å². The minimum atomic E-state index is 1.00. The summed E-state index contributed by atoms with van der Waals surface area (Å²) in [5.74, 6) is 0. The van der Waals surface area contributed by atoms with Gasteiger partial charge in [-0.1, -0.05) is 70.5 Å². The Labute approximate surface area is 111 Å². The predicted octanol–water partition coefficient (Wildman–Crippen LogP) is 4.79. The molecule has 0 fully saturated rings. The normalized spacial score (nSPS) is 10.9. The molecular weight excluding hydrogens is 272 g/mol. The minimum Gasteiger partial charge on any atom is -0.0838 e. The van der Waals surface area contributed by atoms with E-state index in [4.69, 9.17) is 0 Å². The van der Waals surface area contributed by atoms with Crippen LogP contribution in [0.5, 0.6) is 0 Å². The quantitative estimate of drug-likeness (QED) is 0.709. The van der Waals surface area contributed by atoms with Gasteiger partial charge >= 0.3 is 0 Å². The molecular formula is C16H15Br. The van der Waals surface area contributed by atoms with Crippen LogP contribution >= 0.6 is 15.9 Å². The third-order valence-corrected chi connectivity index (χ3v) is 3.16. The Balaban J connectivity index is 1.84. The predicted molar refractivity (Wildman–Crippen MR) is 77.1 cm³/mol. The number of rotatable bonds is 4. The van der Waals surface area contributed by atoms with Crippen LogP contribution in [0, 0.1) is 0 Å². The first-order chi connectivity index (χ1) is 8.34. The van der Waals surface area contributed by atoms with E-state index in [-0.39, 0.29) is 0 Å². The highest BCUT2D eigenvalue weighted by molar-refractivity contribution is 9.10. The van der Waals surface area contributed by atoms with E-state index < -0.39 is 0 Å². The van der Waals surface area contributed by atoms with Gasteiger partial charge in [0.2, 0.25) is 0 Å². The zero-order valence-corrected chi connectivity index (χ0v) is 11.2. The van der Waals surface area contributed by atoms with Gasteiger partial charge in [-0.15, -0.1) is 0 Å². The summed E-state index contributed by atoms with van der Waals surface area (Å²) in [7, 11) is 0. The first-order valence-electron chi connectivity index (χ1n) is 5.78. The standard InChI is InChI=1S/C16H15Br/c17-16-12-10-15(11-13-16)9-5-4-8-14-6-2-1-3-7-14/h1-7,10-13H,8-9H2. The molecule has 0 atom stereocenters. The zero-order chi connectivity index (χ0) is 11.9. The highest BCUT2D eigenvalue weighted by Crippen LogP contribution is 2.11. The van der Waals surface area contributed by atoms with Crippen LogP contribution < -0.4 is 0 Å². The van der Waals surface area contributed by atoms with E-state index in [0.29, 0.717) is 0 Å². The fourth-order valence-corrected chi connectivity index (χ4v) is 1.94. The van der Waals surface area contributed by atoms with Gasteiger partial charge in [0.1, 0.15) is 0 Å². The molecule has 2 aromatic carbocycles. The van der Waals surface area contributed by atoms with Crippen LogP contribution in [0.4, 0.5) is 0 Å². The van der Waals surface area contributed by atoms with Gasteiger partial charge in [0.05, 0.1) is 0 Å². The van der Waals surface area contributed by atoms with Crippen molar-refractivity contribution in [2.24, 2.45) is 0 Å². The summed E-state index contributed by atoms with van der Waals surface area (Å²) < 4.78 is 1.13.